The Morgan fingerprint density at radius 3 is 1.00 bits per heavy atom. The van der Waals surface area contributed by atoms with E-state index in [0.29, 0.717) is 0 Å². The molecule has 0 aromatic heterocycles. The van der Waals surface area contributed by atoms with Crippen LogP contribution in [0.25, 0.3) is 0 Å². The van der Waals surface area contributed by atoms with Crippen molar-refractivity contribution in [2.24, 2.45) is 0 Å². The smallest absolute Gasteiger partial charge is 0 e. The predicted molar refractivity (Wildman–Crippen MR) is 0 cm³/mol. The van der Waals surface area contributed by atoms with Crippen LogP contribution in [0.4, 0.5) is 0 Å². The molecule has 0 nitrogen and oxygen atoms in total. The summed E-state index contributed by atoms with van der Waals surface area (Å²) in [6.07, 6.45) is 0. The number of hydrogen-bond acceptors (Lipinski definition) is 0. The van der Waals surface area contributed by atoms with Crippen LogP contribution in [0.1, 0.15) is 0 Å². The van der Waals surface area contributed by atoms with Crippen LogP contribution in [0.5, 0.6) is 0 Å². The first-order chi connectivity index (χ1) is 0. The van der Waals surface area contributed by atoms with Crippen molar-refractivity contribution in [3.8, 4) is 0 Å². The largest absolute Gasteiger partial charge is 0 e. The fourth-order valence-corrected chi connectivity index (χ4v) is 0. The van der Waals surface area contributed by atoms with Gasteiger partial charge in [-0.3, -0.25) is 0 Å². The first-order valence-corrected chi connectivity index (χ1v) is 0. The number of hydrogen-bond donors (Lipinski definition) is 0. The standard InChI is InChI=1S/Ag.Au.Ir.Pd. The van der Waals surface area contributed by atoms with E-state index in [0.717, 1.165) is 0 Å². The monoisotopic (exact) mass is 603 g/mol. The van der Waals surface area contributed by atoms with E-state index in [4.69, 9.17) is 0 Å². The van der Waals surface area contributed by atoms with Gasteiger partial charge < -0.3 is 0 Å². The van der Waals surface area contributed by atoms with Crippen molar-refractivity contribution in [1.29, 1.82) is 0 Å². The molecule has 0 unspecified atom stereocenters. The summed E-state index contributed by atoms with van der Waals surface area (Å²) in [5, 5.41) is 0. The summed E-state index contributed by atoms with van der Waals surface area (Å²) in [7, 11) is 0. The van der Waals surface area contributed by atoms with Crippen LogP contribution in [-0.4, -0.2) is 0 Å². The van der Waals surface area contributed by atoms with Crippen LogP contribution in [0, 0.1) is 0 Å². The maximum Gasteiger partial charge on any atom is 0 e. The van der Waals surface area contributed by atoms with Crippen molar-refractivity contribution in [2.45, 2.75) is 0 Å². The van der Waals surface area contributed by atoms with E-state index in [-0.39, 0.29) is 85.3 Å². The molecule has 41 valence electrons. The molecular formula is AgAuIrPd. The van der Waals surface area contributed by atoms with Crippen molar-refractivity contribution in [1.82, 2.24) is 0 Å². The second-order valence-electron chi connectivity index (χ2n) is 0. The topological polar surface area (TPSA) is 0 Å². The fraction of sp³-hybridized carbons (Fsp3) is 0. The summed E-state index contributed by atoms with van der Waals surface area (Å²) in [4.78, 5) is 0. The quantitative estimate of drug-likeness (QED) is 0.342. The van der Waals surface area contributed by atoms with Crippen molar-refractivity contribution in [2.75, 3.05) is 0 Å². The molecule has 0 fully saturated rings. The van der Waals surface area contributed by atoms with Crippen molar-refractivity contribution in [3.05, 3.63) is 0 Å². The summed E-state index contributed by atoms with van der Waals surface area (Å²) in [6, 6.07) is 0. The molecule has 0 N–H and O–H groups in total. The Morgan fingerprint density at radius 1 is 1.00 bits per heavy atom. The van der Waals surface area contributed by atoms with Gasteiger partial charge in [0.25, 0.3) is 0 Å². The van der Waals surface area contributed by atoms with Crippen LogP contribution < -0.4 is 0 Å². The minimum absolute atomic E-state index is 0. The van der Waals surface area contributed by atoms with Gasteiger partial charge in [0.15, 0.2) is 0 Å². The van der Waals surface area contributed by atoms with Crippen molar-refractivity contribution >= 4 is 0 Å². The molecule has 0 aromatic rings. The van der Waals surface area contributed by atoms with Crippen LogP contribution in [0.2, 0.25) is 0 Å². The summed E-state index contributed by atoms with van der Waals surface area (Å²) in [5.74, 6) is 0. The van der Waals surface area contributed by atoms with Gasteiger partial charge >= 0.3 is 0 Å². The Hall–Kier alpha value is 2.79. The third kappa shape index (κ3) is 8.84. The molecule has 0 bridgehead atoms. The van der Waals surface area contributed by atoms with E-state index < -0.39 is 0 Å². The molecule has 0 saturated heterocycles. The minimum Gasteiger partial charge on any atom is 0 e. The molecule has 0 heterocycles. The normalized spacial score (nSPS) is 0. The average Bonchev–Trinajstić information content (AvgIpc) is 0. The van der Waals surface area contributed by atoms with E-state index in [1.165, 1.54) is 0 Å². The van der Waals surface area contributed by atoms with Crippen molar-refractivity contribution in [3.63, 3.8) is 0 Å². The first-order valence-electron chi connectivity index (χ1n) is 0. The maximum atomic E-state index is 0. The zero-order valence-corrected chi connectivity index (χ0v) is 8.85. The summed E-state index contributed by atoms with van der Waals surface area (Å²) < 4.78 is 0. The van der Waals surface area contributed by atoms with Gasteiger partial charge in [0.2, 0.25) is 0 Å². The Morgan fingerprint density at radius 2 is 1.00 bits per heavy atom. The Balaban J connectivity index is 0. The van der Waals surface area contributed by atoms with Crippen molar-refractivity contribution < 1.29 is 85.3 Å². The molecule has 0 atom stereocenters. The zero-order chi connectivity index (χ0) is 0. The molecule has 0 aliphatic heterocycles. The molecule has 0 aliphatic carbocycles. The van der Waals surface area contributed by atoms with Gasteiger partial charge in [-0.1, -0.05) is 0 Å². The second kappa shape index (κ2) is 17.1. The van der Waals surface area contributed by atoms with Gasteiger partial charge in [-0.2, -0.15) is 0 Å². The third-order valence-corrected chi connectivity index (χ3v) is 0. The molecule has 3 radical (unpaired) electrons. The molecule has 0 aromatic carbocycles. The molecule has 0 rings (SSSR count). The van der Waals surface area contributed by atoms with E-state index >= 15 is 0 Å². The van der Waals surface area contributed by atoms with E-state index in [1.807, 2.05) is 0 Å². The summed E-state index contributed by atoms with van der Waals surface area (Å²) in [6.45, 7) is 0. The first kappa shape index (κ1) is 29.2. The summed E-state index contributed by atoms with van der Waals surface area (Å²) in [5.41, 5.74) is 0. The molecule has 0 aliphatic rings. The number of rotatable bonds is 0. The van der Waals surface area contributed by atoms with Crippen LogP contribution in [0.3, 0.4) is 0 Å². The van der Waals surface area contributed by atoms with E-state index in [1.54, 1.807) is 0 Å². The van der Waals surface area contributed by atoms with Crippen LogP contribution in [-0.2, 0) is 85.3 Å². The Bertz CT molecular complexity index is 8.00. The molecular weight excluding hydrogens is 603 g/mol. The third-order valence-electron chi connectivity index (χ3n) is 0. The van der Waals surface area contributed by atoms with E-state index in [9.17, 15) is 0 Å². The summed E-state index contributed by atoms with van der Waals surface area (Å²) >= 11 is 0. The predicted octanol–water partition coefficient (Wildman–Crippen LogP) is -0.0100. The molecule has 4 heavy (non-hydrogen) atoms. The maximum absolute atomic E-state index is 0. The van der Waals surface area contributed by atoms with Gasteiger partial charge in [0.05, 0.1) is 0 Å². The molecule has 0 amide bonds. The van der Waals surface area contributed by atoms with Gasteiger partial charge in [-0.15, -0.1) is 0 Å². The van der Waals surface area contributed by atoms with Gasteiger partial charge in [0.1, 0.15) is 0 Å². The van der Waals surface area contributed by atoms with Gasteiger partial charge in [0, 0.05) is 85.3 Å². The van der Waals surface area contributed by atoms with Crippen LogP contribution in [0.15, 0.2) is 0 Å². The SMILES string of the molecule is [Ag].[Au].[Ir].[Pd]. The average molecular weight is 603 g/mol. The van der Waals surface area contributed by atoms with E-state index in [2.05, 4.69) is 0 Å². The Kier molecular flexibility index (Phi) is 125. The fourth-order valence-electron chi connectivity index (χ4n) is 0. The molecule has 4 heteroatoms. The molecule has 0 spiro atoms. The van der Waals surface area contributed by atoms with Gasteiger partial charge in [-0.05, 0) is 0 Å². The van der Waals surface area contributed by atoms with Crippen LogP contribution >= 0.6 is 0 Å². The zero-order valence-electron chi connectivity index (χ0n) is 1.25. The Labute approximate surface area is 83.9 Å². The van der Waals surface area contributed by atoms with Gasteiger partial charge in [-0.25, -0.2) is 0 Å². The second-order valence-corrected chi connectivity index (χ2v) is 0. The minimum atomic E-state index is 0. The molecule has 0 saturated carbocycles.